The van der Waals surface area contributed by atoms with Gasteiger partial charge in [0, 0.05) is 29.1 Å². The van der Waals surface area contributed by atoms with Gasteiger partial charge in [-0.3, -0.25) is 9.59 Å². The summed E-state index contributed by atoms with van der Waals surface area (Å²) in [7, 11) is 0. The Morgan fingerprint density at radius 3 is 2.57 bits per heavy atom. The molecule has 1 aromatic heterocycles. The van der Waals surface area contributed by atoms with Crippen molar-refractivity contribution < 1.29 is 9.59 Å². The topological polar surface area (TPSA) is 77.2 Å². The Morgan fingerprint density at radius 2 is 1.86 bits per heavy atom. The van der Waals surface area contributed by atoms with Crippen molar-refractivity contribution in [1.82, 2.24) is 15.6 Å². The lowest BCUT2D eigenvalue weighted by atomic mass is 9.98. The van der Waals surface area contributed by atoms with Crippen molar-refractivity contribution in [2.75, 3.05) is 24.5 Å². The van der Waals surface area contributed by atoms with E-state index in [2.05, 4.69) is 21.7 Å². The van der Waals surface area contributed by atoms with Crippen LogP contribution < -0.4 is 15.5 Å². The molecule has 3 aromatic rings. The first-order valence-corrected chi connectivity index (χ1v) is 12.4. The molecule has 6 heteroatoms. The molecule has 180 valence electrons. The highest BCUT2D eigenvalue weighted by molar-refractivity contribution is 6.36. The van der Waals surface area contributed by atoms with E-state index < -0.39 is 0 Å². The predicted octanol–water partition coefficient (Wildman–Crippen LogP) is 4.45. The molecule has 0 aliphatic carbocycles. The van der Waals surface area contributed by atoms with Crippen LogP contribution in [-0.4, -0.2) is 36.4 Å². The highest BCUT2D eigenvalue weighted by atomic mass is 16.2. The minimum atomic E-state index is -0.0910. The number of hydrogen-bond acceptors (Lipinski definition) is 3. The number of piperidine rings is 1. The Balaban J connectivity index is 1.46. The van der Waals surface area contributed by atoms with Crippen LogP contribution in [0.3, 0.4) is 0 Å². The fraction of sp³-hybridized carbons (Fsp3) is 0.310. The molecule has 0 unspecified atom stereocenters. The van der Waals surface area contributed by atoms with Crippen LogP contribution >= 0.6 is 0 Å². The minimum absolute atomic E-state index is 0.0530. The Morgan fingerprint density at radius 1 is 1.09 bits per heavy atom. The van der Waals surface area contributed by atoms with Gasteiger partial charge in [-0.25, -0.2) is 0 Å². The number of nitrogens with zero attached hydrogens (tertiary/aromatic N) is 1. The lowest BCUT2D eigenvalue weighted by molar-refractivity contribution is -0.113. The average molecular weight is 469 g/mol. The fourth-order valence-electron chi connectivity index (χ4n) is 5.03. The summed E-state index contributed by atoms with van der Waals surface area (Å²) >= 11 is 0. The summed E-state index contributed by atoms with van der Waals surface area (Å²) in [5, 5.41) is 6.47. The number of benzene rings is 2. The second-order valence-corrected chi connectivity index (χ2v) is 9.62. The monoisotopic (exact) mass is 468 g/mol. The number of fused-ring (bicyclic) bond motifs is 1. The van der Waals surface area contributed by atoms with E-state index in [9.17, 15) is 9.59 Å². The summed E-state index contributed by atoms with van der Waals surface area (Å²) in [6, 6.07) is 17.6. The van der Waals surface area contributed by atoms with Gasteiger partial charge < -0.3 is 20.5 Å². The smallest absolute Gasteiger partial charge is 0.259 e. The van der Waals surface area contributed by atoms with Gasteiger partial charge in [-0.1, -0.05) is 36.4 Å². The first-order valence-electron chi connectivity index (χ1n) is 12.4. The first-order chi connectivity index (χ1) is 17.0. The summed E-state index contributed by atoms with van der Waals surface area (Å²) in [4.78, 5) is 31.8. The zero-order chi connectivity index (χ0) is 24.4. The zero-order valence-corrected chi connectivity index (χ0v) is 20.4. The third-order valence-electron chi connectivity index (χ3n) is 6.99. The molecule has 35 heavy (non-hydrogen) atoms. The number of carbonyl (C=O) groups is 2. The Labute approximate surface area is 206 Å². The van der Waals surface area contributed by atoms with Crippen molar-refractivity contribution in [2.45, 2.75) is 33.2 Å². The van der Waals surface area contributed by atoms with Crippen molar-refractivity contribution in [3.05, 3.63) is 88.2 Å². The van der Waals surface area contributed by atoms with Crippen LogP contribution in [0, 0.1) is 19.8 Å². The molecule has 0 saturated carbocycles. The Hall–Kier alpha value is -3.64. The van der Waals surface area contributed by atoms with Gasteiger partial charge in [0.15, 0.2) is 0 Å². The molecule has 5 rings (SSSR count). The molecule has 2 aromatic carbocycles. The Kier molecular flexibility index (Phi) is 6.55. The molecular formula is C29H32N4O2. The number of anilines is 1. The molecule has 2 aliphatic rings. The molecule has 2 aliphatic heterocycles. The van der Waals surface area contributed by atoms with Gasteiger partial charge in [-0.2, -0.15) is 0 Å². The number of nitrogens with one attached hydrogen (secondary N) is 3. The van der Waals surface area contributed by atoms with Crippen LogP contribution in [0.5, 0.6) is 0 Å². The molecule has 3 heterocycles. The number of rotatable bonds is 6. The maximum Gasteiger partial charge on any atom is 0.259 e. The maximum absolute atomic E-state index is 13.6. The molecule has 0 bridgehead atoms. The first kappa shape index (κ1) is 23.1. The highest BCUT2D eigenvalue weighted by Crippen LogP contribution is 2.39. The SMILES string of the molecule is Cc1cc(C)c(/C=C2\C(=O)N(Cc3ccccc3)c3cc(C(=O)NCC4CCNCC4)ccc32)[nH]1. The van der Waals surface area contributed by atoms with E-state index in [0.29, 0.717) is 30.1 Å². The third-order valence-corrected chi connectivity index (χ3v) is 6.99. The zero-order valence-electron chi connectivity index (χ0n) is 20.4. The maximum atomic E-state index is 13.6. The minimum Gasteiger partial charge on any atom is -0.359 e. The third kappa shape index (κ3) is 4.93. The van der Waals surface area contributed by atoms with E-state index in [1.165, 1.54) is 0 Å². The van der Waals surface area contributed by atoms with Gasteiger partial charge in [-0.05, 0) is 81.1 Å². The van der Waals surface area contributed by atoms with Crippen molar-refractivity contribution >= 4 is 29.2 Å². The molecule has 0 atom stereocenters. The van der Waals surface area contributed by atoms with E-state index in [4.69, 9.17) is 0 Å². The average Bonchev–Trinajstić information content (AvgIpc) is 3.33. The number of aryl methyl sites for hydroxylation is 2. The molecule has 1 saturated heterocycles. The number of amides is 2. The van der Waals surface area contributed by atoms with Gasteiger partial charge in [0.1, 0.15) is 0 Å². The van der Waals surface area contributed by atoms with E-state index in [1.807, 2.05) is 68.5 Å². The second kappa shape index (κ2) is 9.92. The number of H-pyrrole nitrogens is 1. The molecule has 1 fully saturated rings. The van der Waals surface area contributed by atoms with E-state index >= 15 is 0 Å². The highest BCUT2D eigenvalue weighted by Gasteiger charge is 2.33. The van der Waals surface area contributed by atoms with E-state index in [1.54, 1.807) is 4.90 Å². The summed E-state index contributed by atoms with van der Waals surface area (Å²) in [5.41, 5.74) is 6.98. The summed E-state index contributed by atoms with van der Waals surface area (Å²) in [6.07, 6.45) is 4.09. The van der Waals surface area contributed by atoms with Crippen LogP contribution in [0.15, 0.2) is 54.6 Å². The standard InChI is InChI=1S/C29H32N4O2/c1-19-14-20(2)32-26(19)16-25-24-9-8-23(28(34)31-17-21-10-12-30-13-11-21)15-27(24)33(29(25)35)18-22-6-4-3-5-7-22/h3-9,14-16,21,30,32H,10-13,17-18H2,1-2H3,(H,31,34)/b25-16-. The van der Waals surface area contributed by atoms with Gasteiger partial charge in [0.25, 0.3) is 11.8 Å². The Bertz CT molecular complexity index is 1270. The normalized spacial score (nSPS) is 17.1. The number of aromatic amines is 1. The van der Waals surface area contributed by atoms with Crippen LogP contribution in [-0.2, 0) is 11.3 Å². The van der Waals surface area contributed by atoms with Crippen LogP contribution in [0.2, 0.25) is 0 Å². The van der Waals surface area contributed by atoms with Crippen molar-refractivity contribution in [3.8, 4) is 0 Å². The van der Waals surface area contributed by atoms with Gasteiger partial charge in [0.05, 0.1) is 17.8 Å². The summed E-state index contributed by atoms with van der Waals surface area (Å²) in [5.74, 6) is 0.363. The largest absolute Gasteiger partial charge is 0.359 e. The van der Waals surface area contributed by atoms with Crippen molar-refractivity contribution in [1.29, 1.82) is 0 Å². The fourth-order valence-corrected chi connectivity index (χ4v) is 5.03. The lowest BCUT2D eigenvalue weighted by Gasteiger charge is -2.23. The number of hydrogen-bond donors (Lipinski definition) is 3. The van der Waals surface area contributed by atoms with Crippen LogP contribution in [0.4, 0.5) is 5.69 Å². The molecule has 3 N–H and O–H groups in total. The van der Waals surface area contributed by atoms with Crippen molar-refractivity contribution in [3.63, 3.8) is 0 Å². The van der Waals surface area contributed by atoms with Crippen LogP contribution in [0.25, 0.3) is 11.6 Å². The second-order valence-electron chi connectivity index (χ2n) is 9.62. The molecule has 0 radical (unpaired) electrons. The number of carbonyl (C=O) groups excluding carboxylic acids is 2. The quantitative estimate of drug-likeness (QED) is 0.468. The predicted molar refractivity (Wildman–Crippen MR) is 140 cm³/mol. The van der Waals surface area contributed by atoms with Gasteiger partial charge in [-0.15, -0.1) is 0 Å². The van der Waals surface area contributed by atoms with Gasteiger partial charge >= 0.3 is 0 Å². The van der Waals surface area contributed by atoms with Crippen molar-refractivity contribution in [2.24, 2.45) is 5.92 Å². The molecular weight excluding hydrogens is 436 g/mol. The molecule has 6 nitrogen and oxygen atoms in total. The molecule has 0 spiro atoms. The lowest BCUT2D eigenvalue weighted by Crippen LogP contribution is -2.36. The van der Waals surface area contributed by atoms with E-state index in [-0.39, 0.29) is 11.8 Å². The summed E-state index contributed by atoms with van der Waals surface area (Å²) in [6.45, 7) is 7.19. The van der Waals surface area contributed by atoms with Gasteiger partial charge in [0.2, 0.25) is 0 Å². The number of aromatic nitrogens is 1. The van der Waals surface area contributed by atoms with Crippen LogP contribution in [0.1, 0.15) is 51.3 Å². The summed E-state index contributed by atoms with van der Waals surface area (Å²) < 4.78 is 0. The molecule has 2 amide bonds. The van der Waals surface area contributed by atoms with E-state index in [0.717, 1.165) is 59.7 Å².